The molecule has 0 saturated carbocycles. The lowest BCUT2D eigenvalue weighted by Crippen LogP contribution is -2.21. The number of aromatic nitrogens is 3. The monoisotopic (exact) mass is 303 g/mol. The summed E-state index contributed by atoms with van der Waals surface area (Å²) in [6.07, 6.45) is 3.96. The highest BCUT2D eigenvalue weighted by Crippen LogP contribution is 2.28. The van der Waals surface area contributed by atoms with Crippen molar-refractivity contribution in [2.75, 3.05) is 5.32 Å². The first-order valence-electron chi connectivity index (χ1n) is 7.08. The van der Waals surface area contributed by atoms with Crippen LogP contribution in [0.1, 0.15) is 45.6 Å². The molecule has 0 spiro atoms. The molecule has 2 amide bonds. The topological polar surface area (TPSA) is 116 Å². The lowest BCUT2D eigenvalue weighted by Gasteiger charge is -2.16. The number of nitrogens with two attached hydrogens (primary N) is 1. The molecular formula is C14H17N5O3. The molecular weight excluding hydrogens is 286 g/mol. The number of anilines is 1. The van der Waals surface area contributed by atoms with Gasteiger partial charge in [-0.2, -0.15) is 5.10 Å². The Hall–Kier alpha value is -2.64. The van der Waals surface area contributed by atoms with E-state index in [-0.39, 0.29) is 17.1 Å². The van der Waals surface area contributed by atoms with Crippen LogP contribution >= 0.6 is 0 Å². The molecule has 0 saturated heterocycles. The second-order valence-electron chi connectivity index (χ2n) is 5.63. The summed E-state index contributed by atoms with van der Waals surface area (Å²) in [5.74, 6) is 0.170. The fourth-order valence-corrected chi connectivity index (χ4v) is 2.76. The fraction of sp³-hybridized carbons (Fsp3) is 0.429. The third-order valence-electron chi connectivity index (χ3n) is 3.92. The highest BCUT2D eigenvalue weighted by molar-refractivity contribution is 6.07. The zero-order chi connectivity index (χ0) is 15.9. The zero-order valence-corrected chi connectivity index (χ0v) is 12.4. The van der Waals surface area contributed by atoms with Crippen molar-refractivity contribution >= 4 is 17.5 Å². The van der Waals surface area contributed by atoms with Gasteiger partial charge in [-0.05, 0) is 18.8 Å². The maximum absolute atomic E-state index is 12.4. The first-order chi connectivity index (χ1) is 10.5. The third-order valence-corrected chi connectivity index (χ3v) is 3.92. The van der Waals surface area contributed by atoms with E-state index in [2.05, 4.69) is 22.5 Å². The number of hydrogen-bond acceptors (Lipinski definition) is 5. The van der Waals surface area contributed by atoms with Gasteiger partial charge in [-0.3, -0.25) is 14.3 Å². The van der Waals surface area contributed by atoms with Gasteiger partial charge >= 0.3 is 0 Å². The van der Waals surface area contributed by atoms with Crippen LogP contribution in [-0.2, 0) is 19.9 Å². The second-order valence-corrected chi connectivity index (χ2v) is 5.63. The number of rotatable bonds is 3. The minimum atomic E-state index is -0.661. The molecule has 1 atom stereocenters. The van der Waals surface area contributed by atoms with Crippen molar-refractivity contribution in [2.45, 2.75) is 26.2 Å². The van der Waals surface area contributed by atoms with Crippen molar-refractivity contribution in [1.82, 2.24) is 14.9 Å². The SMILES string of the molecule is C[C@@H]1CCc2onc(C(=O)Nc3cnn(C)c3C(N)=O)c2C1. The number of nitrogens with one attached hydrogen (secondary N) is 1. The summed E-state index contributed by atoms with van der Waals surface area (Å²) in [6.45, 7) is 2.13. The molecule has 0 unspecified atom stereocenters. The van der Waals surface area contributed by atoms with Crippen LogP contribution in [0.3, 0.4) is 0 Å². The summed E-state index contributed by atoms with van der Waals surface area (Å²) < 4.78 is 6.57. The predicted molar refractivity (Wildman–Crippen MR) is 77.4 cm³/mol. The summed E-state index contributed by atoms with van der Waals surface area (Å²) in [5.41, 5.74) is 6.81. The number of hydrogen-bond donors (Lipinski definition) is 2. The third kappa shape index (κ3) is 2.36. The van der Waals surface area contributed by atoms with Crippen LogP contribution in [0.4, 0.5) is 5.69 Å². The minimum Gasteiger partial charge on any atom is -0.364 e. The van der Waals surface area contributed by atoms with Gasteiger partial charge in [-0.25, -0.2) is 0 Å². The van der Waals surface area contributed by atoms with Crippen molar-refractivity contribution in [2.24, 2.45) is 18.7 Å². The quantitative estimate of drug-likeness (QED) is 0.873. The molecule has 2 aromatic heterocycles. The van der Waals surface area contributed by atoms with E-state index in [4.69, 9.17) is 10.3 Å². The van der Waals surface area contributed by atoms with E-state index in [1.165, 1.54) is 10.9 Å². The molecule has 8 heteroatoms. The van der Waals surface area contributed by atoms with Gasteiger partial charge in [0.1, 0.15) is 11.5 Å². The van der Waals surface area contributed by atoms with E-state index in [0.717, 1.165) is 30.6 Å². The normalized spacial score (nSPS) is 17.1. The van der Waals surface area contributed by atoms with Crippen molar-refractivity contribution in [3.63, 3.8) is 0 Å². The molecule has 2 aromatic rings. The molecule has 116 valence electrons. The number of carbonyl (C=O) groups excluding carboxylic acids is 2. The van der Waals surface area contributed by atoms with E-state index < -0.39 is 11.8 Å². The van der Waals surface area contributed by atoms with Crippen molar-refractivity contribution < 1.29 is 14.1 Å². The van der Waals surface area contributed by atoms with Crippen molar-refractivity contribution in [3.05, 3.63) is 28.9 Å². The molecule has 3 rings (SSSR count). The van der Waals surface area contributed by atoms with Crippen LogP contribution in [0.2, 0.25) is 0 Å². The molecule has 3 N–H and O–H groups in total. The summed E-state index contributed by atoms with van der Waals surface area (Å²) in [5, 5.41) is 10.4. The number of nitrogens with zero attached hydrogens (tertiary/aromatic N) is 3. The van der Waals surface area contributed by atoms with Crippen LogP contribution in [0, 0.1) is 5.92 Å². The molecule has 1 aliphatic rings. The molecule has 2 heterocycles. The predicted octanol–water partition coefficient (Wildman–Crippen LogP) is 0.884. The van der Waals surface area contributed by atoms with Gasteiger partial charge < -0.3 is 15.6 Å². The molecule has 22 heavy (non-hydrogen) atoms. The molecule has 0 aromatic carbocycles. The smallest absolute Gasteiger partial charge is 0.278 e. The van der Waals surface area contributed by atoms with E-state index in [9.17, 15) is 9.59 Å². The largest absolute Gasteiger partial charge is 0.364 e. The lowest BCUT2D eigenvalue weighted by molar-refractivity contribution is 0.0992. The summed E-state index contributed by atoms with van der Waals surface area (Å²) in [4.78, 5) is 23.8. The number of primary amides is 1. The Morgan fingerprint density at radius 3 is 3.00 bits per heavy atom. The van der Waals surface area contributed by atoms with Gasteiger partial charge in [0.2, 0.25) is 0 Å². The Bertz CT molecular complexity index is 746. The van der Waals surface area contributed by atoms with Crippen LogP contribution in [0.15, 0.2) is 10.7 Å². The maximum atomic E-state index is 12.4. The standard InChI is InChI=1S/C14H17N5O3/c1-7-3-4-10-8(5-7)11(18-22-10)14(21)17-9-6-16-19(2)12(9)13(15)20/h6-7H,3-5H2,1-2H3,(H2,15,20)(H,17,21)/t7-/m1/s1. The van der Waals surface area contributed by atoms with Gasteiger partial charge in [0.15, 0.2) is 5.69 Å². The minimum absolute atomic E-state index is 0.138. The Morgan fingerprint density at radius 1 is 1.50 bits per heavy atom. The van der Waals surface area contributed by atoms with Crippen LogP contribution in [0.25, 0.3) is 0 Å². The summed E-state index contributed by atoms with van der Waals surface area (Å²) >= 11 is 0. The number of carbonyl (C=O) groups is 2. The van der Waals surface area contributed by atoms with E-state index in [1.807, 2.05) is 0 Å². The van der Waals surface area contributed by atoms with Gasteiger partial charge in [-0.1, -0.05) is 12.1 Å². The molecule has 0 bridgehead atoms. The average Bonchev–Trinajstić information content (AvgIpc) is 3.02. The average molecular weight is 303 g/mol. The maximum Gasteiger partial charge on any atom is 0.278 e. The van der Waals surface area contributed by atoms with Crippen LogP contribution in [-0.4, -0.2) is 26.8 Å². The molecule has 1 aliphatic carbocycles. The van der Waals surface area contributed by atoms with Gasteiger partial charge in [0.05, 0.1) is 11.9 Å². The number of amides is 2. The lowest BCUT2D eigenvalue weighted by atomic mass is 9.88. The second kappa shape index (κ2) is 5.28. The van der Waals surface area contributed by atoms with Gasteiger partial charge in [0.25, 0.3) is 11.8 Å². The molecule has 0 aliphatic heterocycles. The van der Waals surface area contributed by atoms with E-state index in [0.29, 0.717) is 5.92 Å². The molecule has 8 nitrogen and oxygen atoms in total. The first kappa shape index (κ1) is 14.3. The van der Waals surface area contributed by atoms with Crippen molar-refractivity contribution in [1.29, 1.82) is 0 Å². The number of fused-ring (bicyclic) bond motifs is 1. The Labute approximate surface area is 126 Å². The summed E-state index contributed by atoms with van der Waals surface area (Å²) in [7, 11) is 1.58. The molecule has 0 radical (unpaired) electrons. The fourth-order valence-electron chi connectivity index (χ4n) is 2.76. The highest BCUT2D eigenvalue weighted by Gasteiger charge is 2.28. The molecule has 0 fully saturated rings. The Balaban J connectivity index is 1.87. The zero-order valence-electron chi connectivity index (χ0n) is 12.4. The van der Waals surface area contributed by atoms with Crippen molar-refractivity contribution in [3.8, 4) is 0 Å². The number of aryl methyl sites for hydroxylation is 2. The Morgan fingerprint density at radius 2 is 2.27 bits per heavy atom. The van der Waals surface area contributed by atoms with Crippen LogP contribution < -0.4 is 11.1 Å². The summed E-state index contributed by atoms with van der Waals surface area (Å²) in [6, 6.07) is 0. The van der Waals surface area contributed by atoms with Crippen LogP contribution in [0.5, 0.6) is 0 Å². The van der Waals surface area contributed by atoms with Gasteiger partial charge in [0, 0.05) is 19.0 Å². The highest BCUT2D eigenvalue weighted by atomic mass is 16.5. The Kier molecular flexibility index (Phi) is 3.44. The van der Waals surface area contributed by atoms with E-state index in [1.54, 1.807) is 7.05 Å². The first-order valence-corrected chi connectivity index (χ1v) is 7.08. The van der Waals surface area contributed by atoms with E-state index >= 15 is 0 Å². The van der Waals surface area contributed by atoms with Gasteiger partial charge in [-0.15, -0.1) is 0 Å².